The van der Waals surface area contributed by atoms with Crippen molar-refractivity contribution in [3.05, 3.63) is 59.9 Å². The summed E-state index contributed by atoms with van der Waals surface area (Å²) in [7, 11) is 0. The van der Waals surface area contributed by atoms with E-state index in [0.717, 1.165) is 18.4 Å². The smallest absolute Gasteiger partial charge is 0.228 e. The van der Waals surface area contributed by atoms with E-state index in [1.54, 1.807) is 12.1 Å². The molecule has 1 saturated carbocycles. The number of hydrogen-bond donors (Lipinski definition) is 1. The fourth-order valence-corrected chi connectivity index (χ4v) is 2.70. The number of nitrogens with one attached hydrogen (secondary N) is 1. The van der Waals surface area contributed by atoms with Gasteiger partial charge < -0.3 is 10.1 Å². The van der Waals surface area contributed by atoms with Crippen LogP contribution < -0.4 is 10.1 Å². The van der Waals surface area contributed by atoms with Gasteiger partial charge in [-0.3, -0.25) is 4.79 Å². The van der Waals surface area contributed by atoms with Gasteiger partial charge in [0.15, 0.2) is 0 Å². The summed E-state index contributed by atoms with van der Waals surface area (Å²) in [5.74, 6) is 0.560. The molecule has 2 atom stereocenters. The Morgan fingerprint density at radius 1 is 1.22 bits per heavy atom. The molecule has 0 spiro atoms. The van der Waals surface area contributed by atoms with E-state index in [1.165, 1.54) is 12.1 Å². The molecule has 1 amide bonds. The third-order valence-corrected chi connectivity index (χ3v) is 4.03. The number of anilines is 1. The first kappa shape index (κ1) is 15.5. The number of carbonyl (C=O) groups excluding carboxylic acids is 1. The lowest BCUT2D eigenvalue weighted by molar-refractivity contribution is -0.117. The first-order valence-electron chi connectivity index (χ1n) is 7.97. The molecule has 0 aliphatic heterocycles. The summed E-state index contributed by atoms with van der Waals surface area (Å²) in [4.78, 5) is 12.4. The third kappa shape index (κ3) is 3.70. The molecule has 2 aromatic carbocycles. The van der Waals surface area contributed by atoms with Gasteiger partial charge in [-0.15, -0.1) is 0 Å². The number of para-hydroxylation sites is 2. The summed E-state index contributed by atoms with van der Waals surface area (Å²) in [6.45, 7) is 2.66. The third-order valence-electron chi connectivity index (χ3n) is 4.03. The Labute approximate surface area is 135 Å². The Balaban J connectivity index is 1.63. The Bertz CT molecular complexity index is 684. The molecule has 23 heavy (non-hydrogen) atoms. The van der Waals surface area contributed by atoms with Crippen molar-refractivity contribution in [1.29, 1.82) is 0 Å². The van der Waals surface area contributed by atoms with E-state index in [0.29, 0.717) is 18.0 Å². The van der Waals surface area contributed by atoms with Crippen molar-refractivity contribution in [2.75, 3.05) is 11.9 Å². The first-order chi connectivity index (χ1) is 11.2. The molecule has 120 valence electrons. The van der Waals surface area contributed by atoms with Crippen molar-refractivity contribution in [2.45, 2.75) is 25.7 Å². The molecule has 0 heterocycles. The predicted molar refractivity (Wildman–Crippen MR) is 88.1 cm³/mol. The molecule has 1 aliphatic rings. The van der Waals surface area contributed by atoms with E-state index in [-0.39, 0.29) is 23.6 Å². The maximum absolute atomic E-state index is 13.0. The van der Waals surface area contributed by atoms with Crippen molar-refractivity contribution < 1.29 is 13.9 Å². The molecule has 0 saturated heterocycles. The van der Waals surface area contributed by atoms with Gasteiger partial charge in [0, 0.05) is 5.92 Å². The summed E-state index contributed by atoms with van der Waals surface area (Å²) in [6.07, 6.45) is 1.72. The van der Waals surface area contributed by atoms with Crippen LogP contribution in [-0.4, -0.2) is 12.5 Å². The number of carbonyl (C=O) groups is 1. The zero-order chi connectivity index (χ0) is 16.2. The highest BCUT2D eigenvalue weighted by atomic mass is 19.1. The van der Waals surface area contributed by atoms with E-state index in [2.05, 4.69) is 5.32 Å². The lowest BCUT2D eigenvalue weighted by Crippen LogP contribution is -2.15. The number of hydrogen-bond acceptors (Lipinski definition) is 2. The number of halogens is 1. The largest absolute Gasteiger partial charge is 0.491 e. The highest BCUT2D eigenvalue weighted by Gasteiger charge is 2.44. The molecule has 0 bridgehead atoms. The Kier molecular flexibility index (Phi) is 4.60. The average Bonchev–Trinajstić information content (AvgIpc) is 3.35. The van der Waals surface area contributed by atoms with Crippen molar-refractivity contribution in [2.24, 2.45) is 5.92 Å². The number of benzene rings is 2. The van der Waals surface area contributed by atoms with Gasteiger partial charge in [-0.05, 0) is 48.6 Å². The topological polar surface area (TPSA) is 38.3 Å². The standard InChI is InChI=1S/C19H20FNO2/c1-2-11-23-18-6-4-3-5-17(18)21-19(22)16-12-15(16)13-7-9-14(20)10-8-13/h3-10,15-16H,2,11-12H2,1H3,(H,21,22). The van der Waals surface area contributed by atoms with Crippen molar-refractivity contribution >= 4 is 11.6 Å². The molecule has 1 fully saturated rings. The van der Waals surface area contributed by atoms with Gasteiger partial charge in [0.1, 0.15) is 11.6 Å². The van der Waals surface area contributed by atoms with Gasteiger partial charge in [0.25, 0.3) is 0 Å². The summed E-state index contributed by atoms with van der Waals surface area (Å²) in [5, 5.41) is 2.95. The molecule has 3 rings (SSSR count). The zero-order valence-electron chi connectivity index (χ0n) is 13.1. The van der Waals surface area contributed by atoms with Crippen molar-refractivity contribution in [3.63, 3.8) is 0 Å². The molecular weight excluding hydrogens is 293 g/mol. The summed E-state index contributed by atoms with van der Waals surface area (Å²) in [5.41, 5.74) is 1.72. The molecule has 4 heteroatoms. The minimum atomic E-state index is -0.252. The molecule has 2 unspecified atom stereocenters. The summed E-state index contributed by atoms with van der Waals surface area (Å²) < 4.78 is 18.6. The maximum atomic E-state index is 13.0. The Morgan fingerprint density at radius 3 is 2.70 bits per heavy atom. The molecular formula is C19H20FNO2. The Morgan fingerprint density at radius 2 is 1.96 bits per heavy atom. The van der Waals surface area contributed by atoms with Crippen molar-refractivity contribution in [3.8, 4) is 5.75 Å². The quantitative estimate of drug-likeness (QED) is 0.860. The number of amides is 1. The van der Waals surface area contributed by atoms with E-state index >= 15 is 0 Å². The van der Waals surface area contributed by atoms with Gasteiger partial charge in [-0.25, -0.2) is 4.39 Å². The van der Waals surface area contributed by atoms with Gasteiger partial charge in [0.05, 0.1) is 12.3 Å². The van der Waals surface area contributed by atoms with Crippen LogP contribution in [-0.2, 0) is 4.79 Å². The fraction of sp³-hybridized carbons (Fsp3) is 0.316. The van der Waals surface area contributed by atoms with Crippen LogP contribution in [0.5, 0.6) is 5.75 Å². The van der Waals surface area contributed by atoms with E-state index in [1.807, 2.05) is 31.2 Å². The maximum Gasteiger partial charge on any atom is 0.228 e. The molecule has 1 aliphatic carbocycles. The predicted octanol–water partition coefficient (Wildman–Crippen LogP) is 4.36. The Hall–Kier alpha value is -2.36. The van der Waals surface area contributed by atoms with E-state index < -0.39 is 0 Å². The SMILES string of the molecule is CCCOc1ccccc1NC(=O)C1CC1c1ccc(F)cc1. The van der Waals surface area contributed by atoms with Crippen LogP contribution in [0.25, 0.3) is 0 Å². The second-order valence-electron chi connectivity index (χ2n) is 5.83. The van der Waals surface area contributed by atoms with Crippen molar-refractivity contribution in [1.82, 2.24) is 0 Å². The van der Waals surface area contributed by atoms with Gasteiger partial charge >= 0.3 is 0 Å². The number of rotatable bonds is 6. The molecule has 0 aromatic heterocycles. The minimum Gasteiger partial charge on any atom is -0.491 e. The van der Waals surface area contributed by atoms with E-state index in [9.17, 15) is 9.18 Å². The normalized spacial score (nSPS) is 19.2. The van der Waals surface area contributed by atoms with Gasteiger partial charge in [-0.2, -0.15) is 0 Å². The average molecular weight is 313 g/mol. The fourth-order valence-electron chi connectivity index (χ4n) is 2.70. The second kappa shape index (κ2) is 6.82. The minimum absolute atomic E-state index is 0.00752. The monoisotopic (exact) mass is 313 g/mol. The zero-order valence-corrected chi connectivity index (χ0v) is 13.1. The van der Waals surface area contributed by atoms with Crippen LogP contribution in [0.4, 0.5) is 10.1 Å². The summed E-state index contributed by atoms with van der Waals surface area (Å²) >= 11 is 0. The summed E-state index contributed by atoms with van der Waals surface area (Å²) in [6, 6.07) is 13.9. The molecule has 0 radical (unpaired) electrons. The van der Waals surface area contributed by atoms with Crippen LogP contribution >= 0.6 is 0 Å². The second-order valence-corrected chi connectivity index (χ2v) is 5.83. The van der Waals surface area contributed by atoms with Crippen LogP contribution in [0, 0.1) is 11.7 Å². The molecule has 3 nitrogen and oxygen atoms in total. The highest BCUT2D eigenvalue weighted by molar-refractivity contribution is 5.96. The lowest BCUT2D eigenvalue weighted by atomic mass is 10.1. The highest BCUT2D eigenvalue weighted by Crippen LogP contribution is 2.48. The molecule has 1 N–H and O–H groups in total. The number of ether oxygens (including phenoxy) is 1. The van der Waals surface area contributed by atoms with Crippen LogP contribution in [0.15, 0.2) is 48.5 Å². The van der Waals surface area contributed by atoms with E-state index in [4.69, 9.17) is 4.74 Å². The lowest BCUT2D eigenvalue weighted by Gasteiger charge is -2.12. The van der Waals surface area contributed by atoms with Crippen LogP contribution in [0.1, 0.15) is 31.2 Å². The van der Waals surface area contributed by atoms with Gasteiger partial charge in [-0.1, -0.05) is 31.2 Å². The first-order valence-corrected chi connectivity index (χ1v) is 7.97. The van der Waals surface area contributed by atoms with Crippen LogP contribution in [0.2, 0.25) is 0 Å². The molecule has 2 aromatic rings. The van der Waals surface area contributed by atoms with Gasteiger partial charge in [0.2, 0.25) is 5.91 Å². The van der Waals surface area contributed by atoms with Crippen LogP contribution in [0.3, 0.4) is 0 Å².